The van der Waals surface area contributed by atoms with Gasteiger partial charge in [0.15, 0.2) is 5.13 Å². The quantitative estimate of drug-likeness (QED) is 0.889. The maximum Gasteiger partial charge on any atom is 0.303 e. The lowest BCUT2D eigenvalue weighted by atomic mass is 10.2. The summed E-state index contributed by atoms with van der Waals surface area (Å²) < 4.78 is 0. The molecule has 94 valence electrons. The number of aliphatic carboxylic acids is 1. The standard InChI is InChI=1S/C11H16N2O2S2/c1-13(9-4-5-16-7-9)11-12-8(6-17-11)2-3-10(14)15/h6,9H,2-5,7H2,1H3,(H,14,15). The Labute approximate surface area is 109 Å². The normalized spacial score (nSPS) is 19.5. The van der Waals surface area contributed by atoms with E-state index in [1.807, 2.05) is 17.1 Å². The second-order valence-electron chi connectivity index (χ2n) is 4.14. The smallest absolute Gasteiger partial charge is 0.303 e. The molecule has 0 radical (unpaired) electrons. The minimum atomic E-state index is -0.764. The number of thiazole rings is 1. The number of anilines is 1. The van der Waals surface area contributed by atoms with Crippen molar-refractivity contribution in [2.75, 3.05) is 23.5 Å². The number of carboxylic acid groups (broad SMARTS) is 1. The third-order valence-electron chi connectivity index (χ3n) is 2.89. The first kappa shape index (κ1) is 12.7. The number of hydrogen-bond donors (Lipinski definition) is 1. The molecule has 2 heterocycles. The molecule has 1 N–H and O–H groups in total. The summed E-state index contributed by atoms with van der Waals surface area (Å²) >= 11 is 3.59. The van der Waals surface area contributed by atoms with Gasteiger partial charge >= 0.3 is 5.97 Å². The van der Waals surface area contributed by atoms with Crippen LogP contribution in [0, 0.1) is 0 Å². The van der Waals surface area contributed by atoms with Crippen LogP contribution in [0.25, 0.3) is 0 Å². The highest BCUT2D eigenvalue weighted by Gasteiger charge is 2.22. The monoisotopic (exact) mass is 272 g/mol. The van der Waals surface area contributed by atoms with Gasteiger partial charge in [0.2, 0.25) is 0 Å². The van der Waals surface area contributed by atoms with E-state index in [1.165, 1.54) is 17.9 Å². The molecule has 1 saturated heterocycles. The molecule has 1 aromatic heterocycles. The number of aromatic nitrogens is 1. The van der Waals surface area contributed by atoms with Crippen molar-refractivity contribution in [2.24, 2.45) is 0 Å². The fourth-order valence-corrected chi connectivity index (χ4v) is 3.96. The molecular formula is C11H16N2O2S2. The van der Waals surface area contributed by atoms with Crippen molar-refractivity contribution in [2.45, 2.75) is 25.3 Å². The zero-order chi connectivity index (χ0) is 12.3. The molecule has 4 nitrogen and oxygen atoms in total. The van der Waals surface area contributed by atoms with Gasteiger partial charge in [-0.05, 0) is 12.2 Å². The van der Waals surface area contributed by atoms with E-state index in [0.29, 0.717) is 12.5 Å². The maximum absolute atomic E-state index is 10.5. The molecule has 0 spiro atoms. The highest BCUT2D eigenvalue weighted by atomic mass is 32.2. The molecule has 1 atom stereocenters. The van der Waals surface area contributed by atoms with Gasteiger partial charge < -0.3 is 10.0 Å². The summed E-state index contributed by atoms with van der Waals surface area (Å²) in [6.07, 6.45) is 1.90. The molecule has 0 saturated carbocycles. The maximum atomic E-state index is 10.5. The zero-order valence-electron chi connectivity index (χ0n) is 9.76. The van der Waals surface area contributed by atoms with Crippen molar-refractivity contribution in [3.8, 4) is 0 Å². The summed E-state index contributed by atoms with van der Waals surface area (Å²) in [6, 6.07) is 0.582. The van der Waals surface area contributed by atoms with Crippen LogP contribution in [0.4, 0.5) is 5.13 Å². The van der Waals surface area contributed by atoms with E-state index in [0.717, 1.165) is 10.8 Å². The lowest BCUT2D eigenvalue weighted by molar-refractivity contribution is -0.136. The second-order valence-corrected chi connectivity index (χ2v) is 6.13. The van der Waals surface area contributed by atoms with Gasteiger partial charge in [-0.3, -0.25) is 4.79 Å². The van der Waals surface area contributed by atoms with Gasteiger partial charge in [0.05, 0.1) is 12.1 Å². The van der Waals surface area contributed by atoms with E-state index in [2.05, 4.69) is 16.9 Å². The summed E-state index contributed by atoms with van der Waals surface area (Å²) in [5.41, 5.74) is 0.893. The first-order valence-electron chi connectivity index (χ1n) is 5.63. The van der Waals surface area contributed by atoms with Crippen molar-refractivity contribution in [1.29, 1.82) is 0 Å². The predicted octanol–water partition coefficient (Wildman–Crippen LogP) is 2.10. The van der Waals surface area contributed by atoms with E-state index in [-0.39, 0.29) is 6.42 Å². The van der Waals surface area contributed by atoms with Crippen LogP contribution in [0.1, 0.15) is 18.5 Å². The number of carbonyl (C=O) groups is 1. The Kier molecular flexibility index (Phi) is 4.28. The number of aryl methyl sites for hydroxylation is 1. The van der Waals surface area contributed by atoms with Crippen LogP contribution in [-0.4, -0.2) is 40.7 Å². The summed E-state index contributed by atoms with van der Waals surface area (Å²) in [6.45, 7) is 0. The summed E-state index contributed by atoms with van der Waals surface area (Å²) in [4.78, 5) is 17.2. The van der Waals surface area contributed by atoms with E-state index in [9.17, 15) is 4.79 Å². The molecule has 17 heavy (non-hydrogen) atoms. The highest BCUT2D eigenvalue weighted by molar-refractivity contribution is 7.99. The molecule has 1 aliphatic heterocycles. The topological polar surface area (TPSA) is 53.4 Å². The Morgan fingerprint density at radius 3 is 3.18 bits per heavy atom. The van der Waals surface area contributed by atoms with Crippen LogP contribution in [-0.2, 0) is 11.2 Å². The summed E-state index contributed by atoms with van der Waals surface area (Å²) in [5.74, 6) is 1.63. The molecule has 0 amide bonds. The third-order valence-corrected chi connectivity index (χ3v) is 5.01. The summed E-state index contributed by atoms with van der Waals surface area (Å²) in [7, 11) is 2.08. The van der Waals surface area contributed by atoms with Crippen molar-refractivity contribution >= 4 is 34.2 Å². The van der Waals surface area contributed by atoms with Gasteiger partial charge in [-0.2, -0.15) is 11.8 Å². The van der Waals surface area contributed by atoms with E-state index in [4.69, 9.17) is 5.11 Å². The largest absolute Gasteiger partial charge is 0.481 e. The molecule has 1 unspecified atom stereocenters. The molecule has 1 fully saturated rings. The molecule has 6 heteroatoms. The molecule has 1 aliphatic rings. The van der Waals surface area contributed by atoms with Crippen molar-refractivity contribution in [3.63, 3.8) is 0 Å². The minimum Gasteiger partial charge on any atom is -0.481 e. The van der Waals surface area contributed by atoms with Gasteiger partial charge in [-0.25, -0.2) is 4.98 Å². The van der Waals surface area contributed by atoms with E-state index < -0.39 is 5.97 Å². The van der Waals surface area contributed by atoms with Crippen LogP contribution in [0.3, 0.4) is 0 Å². The Morgan fingerprint density at radius 2 is 2.53 bits per heavy atom. The van der Waals surface area contributed by atoms with Crippen molar-refractivity contribution in [1.82, 2.24) is 4.98 Å². The van der Waals surface area contributed by atoms with Crippen molar-refractivity contribution in [3.05, 3.63) is 11.1 Å². The van der Waals surface area contributed by atoms with Crippen LogP contribution in [0.2, 0.25) is 0 Å². The van der Waals surface area contributed by atoms with Crippen LogP contribution >= 0.6 is 23.1 Å². The lowest BCUT2D eigenvalue weighted by Crippen LogP contribution is -2.31. The minimum absolute atomic E-state index is 0.159. The summed E-state index contributed by atoms with van der Waals surface area (Å²) in [5, 5.41) is 11.6. The van der Waals surface area contributed by atoms with Crippen molar-refractivity contribution < 1.29 is 9.90 Å². The number of nitrogens with zero attached hydrogens (tertiary/aromatic N) is 2. The average molecular weight is 272 g/mol. The van der Waals surface area contributed by atoms with Crippen LogP contribution in [0.5, 0.6) is 0 Å². The third kappa shape index (κ3) is 3.35. The number of carboxylic acids is 1. The Bertz CT molecular complexity index is 389. The first-order chi connectivity index (χ1) is 8.16. The fraction of sp³-hybridized carbons (Fsp3) is 0.636. The zero-order valence-corrected chi connectivity index (χ0v) is 11.4. The van der Waals surface area contributed by atoms with E-state index >= 15 is 0 Å². The fourth-order valence-electron chi connectivity index (χ4n) is 1.79. The Balaban J connectivity index is 1.94. The van der Waals surface area contributed by atoms with Gasteiger partial charge in [0, 0.05) is 30.6 Å². The van der Waals surface area contributed by atoms with E-state index in [1.54, 1.807) is 11.3 Å². The van der Waals surface area contributed by atoms with Gasteiger partial charge in [0.25, 0.3) is 0 Å². The van der Waals surface area contributed by atoms with Crippen LogP contribution in [0.15, 0.2) is 5.38 Å². The van der Waals surface area contributed by atoms with Gasteiger partial charge in [-0.15, -0.1) is 11.3 Å². The highest BCUT2D eigenvalue weighted by Crippen LogP contribution is 2.28. The average Bonchev–Trinajstić information content (AvgIpc) is 2.97. The predicted molar refractivity (Wildman–Crippen MR) is 72.2 cm³/mol. The number of hydrogen-bond acceptors (Lipinski definition) is 5. The molecule has 2 rings (SSSR count). The molecule has 1 aromatic rings. The van der Waals surface area contributed by atoms with Crippen LogP contribution < -0.4 is 4.90 Å². The SMILES string of the molecule is CN(c1nc(CCC(=O)O)cs1)C1CCSC1. The Hall–Kier alpha value is -0.750. The van der Waals surface area contributed by atoms with Gasteiger partial charge in [-0.1, -0.05) is 0 Å². The van der Waals surface area contributed by atoms with Gasteiger partial charge in [0.1, 0.15) is 0 Å². The molecule has 0 bridgehead atoms. The lowest BCUT2D eigenvalue weighted by Gasteiger charge is -2.22. The Morgan fingerprint density at radius 1 is 1.71 bits per heavy atom. The molecule has 0 aliphatic carbocycles. The molecular weight excluding hydrogens is 256 g/mol. The second kappa shape index (κ2) is 5.73. The number of rotatable bonds is 5. The first-order valence-corrected chi connectivity index (χ1v) is 7.67. The molecule has 0 aromatic carbocycles. The number of thioether (sulfide) groups is 1.